The van der Waals surface area contributed by atoms with E-state index in [0.29, 0.717) is 36.0 Å². The maximum Gasteiger partial charge on any atom is 0.227 e. The Bertz CT molecular complexity index is 551. The lowest BCUT2D eigenvalue weighted by atomic mass is 9.96. The highest BCUT2D eigenvalue weighted by molar-refractivity contribution is 5.95. The van der Waals surface area contributed by atoms with Gasteiger partial charge in [-0.05, 0) is 24.8 Å². The Balaban J connectivity index is 1.95. The minimum atomic E-state index is -0.657. The van der Waals surface area contributed by atoms with Crippen molar-refractivity contribution < 1.29 is 19.4 Å². The molecule has 5 heteroatoms. The molecule has 0 aromatic heterocycles. The third kappa shape index (κ3) is 2.97. The van der Waals surface area contributed by atoms with Gasteiger partial charge in [0.25, 0.3) is 0 Å². The molecule has 1 saturated carbocycles. The summed E-state index contributed by atoms with van der Waals surface area (Å²) in [6.45, 7) is 4.87. The van der Waals surface area contributed by atoms with E-state index in [-0.39, 0.29) is 17.7 Å². The summed E-state index contributed by atoms with van der Waals surface area (Å²) in [6.07, 6.45) is 1.23. The fourth-order valence-corrected chi connectivity index (χ4v) is 2.40. The number of rotatable bonds is 4. The van der Waals surface area contributed by atoms with Crippen LogP contribution in [0, 0.1) is 11.8 Å². The lowest BCUT2D eigenvalue weighted by Crippen LogP contribution is -2.20. The Kier molecular flexibility index (Phi) is 3.76. The van der Waals surface area contributed by atoms with Crippen LogP contribution in [0.4, 0.5) is 5.69 Å². The van der Waals surface area contributed by atoms with E-state index in [1.807, 2.05) is 13.8 Å². The van der Waals surface area contributed by atoms with Crippen molar-refractivity contribution in [2.45, 2.75) is 32.8 Å². The molecule has 1 aromatic rings. The molecule has 0 saturated heterocycles. The highest BCUT2D eigenvalue weighted by atomic mass is 16.6. The molecule has 3 rings (SSSR count). The third-order valence-electron chi connectivity index (χ3n) is 3.87. The van der Waals surface area contributed by atoms with Crippen LogP contribution in [0.3, 0.4) is 0 Å². The van der Waals surface area contributed by atoms with E-state index in [0.717, 1.165) is 12.8 Å². The SMILES string of the molecule is CC(C)[C@@H](O)c1cc2c(cc1NC(=O)C1CC1)OCCO2. The predicted octanol–water partition coefficient (Wildman–Crippen LogP) is 2.50. The van der Waals surface area contributed by atoms with Crippen LogP contribution in [0.1, 0.15) is 38.4 Å². The van der Waals surface area contributed by atoms with Gasteiger partial charge in [-0.2, -0.15) is 0 Å². The highest BCUT2D eigenvalue weighted by Crippen LogP contribution is 2.40. The molecule has 5 nitrogen and oxygen atoms in total. The van der Waals surface area contributed by atoms with Gasteiger partial charge in [0.1, 0.15) is 13.2 Å². The smallest absolute Gasteiger partial charge is 0.227 e. The van der Waals surface area contributed by atoms with Gasteiger partial charge >= 0.3 is 0 Å². The van der Waals surface area contributed by atoms with Crippen molar-refractivity contribution in [2.24, 2.45) is 11.8 Å². The Hall–Kier alpha value is -1.75. The summed E-state index contributed by atoms with van der Waals surface area (Å²) in [6, 6.07) is 3.54. The molecule has 21 heavy (non-hydrogen) atoms. The van der Waals surface area contributed by atoms with Crippen molar-refractivity contribution in [3.8, 4) is 11.5 Å². The molecule has 1 fully saturated rings. The van der Waals surface area contributed by atoms with Crippen LogP contribution in [-0.4, -0.2) is 24.2 Å². The summed E-state index contributed by atoms with van der Waals surface area (Å²) < 4.78 is 11.1. The fourth-order valence-electron chi connectivity index (χ4n) is 2.40. The van der Waals surface area contributed by atoms with Gasteiger partial charge in [0, 0.05) is 17.5 Å². The quantitative estimate of drug-likeness (QED) is 0.894. The zero-order valence-electron chi connectivity index (χ0n) is 12.4. The van der Waals surface area contributed by atoms with Crippen LogP contribution in [0.15, 0.2) is 12.1 Å². The molecule has 1 aliphatic heterocycles. The normalized spacial score (nSPS) is 18.5. The van der Waals surface area contributed by atoms with Crippen LogP contribution < -0.4 is 14.8 Å². The van der Waals surface area contributed by atoms with Crippen LogP contribution >= 0.6 is 0 Å². The maximum atomic E-state index is 12.0. The summed E-state index contributed by atoms with van der Waals surface area (Å²) >= 11 is 0. The van der Waals surface area contributed by atoms with E-state index < -0.39 is 6.10 Å². The Labute approximate surface area is 124 Å². The van der Waals surface area contributed by atoms with Crippen molar-refractivity contribution in [2.75, 3.05) is 18.5 Å². The average molecular weight is 291 g/mol. The minimum absolute atomic E-state index is 0.0175. The van der Waals surface area contributed by atoms with Gasteiger partial charge in [-0.25, -0.2) is 0 Å². The van der Waals surface area contributed by atoms with Gasteiger partial charge in [0.15, 0.2) is 11.5 Å². The zero-order chi connectivity index (χ0) is 15.0. The lowest BCUT2D eigenvalue weighted by Gasteiger charge is -2.24. The van der Waals surface area contributed by atoms with Crippen molar-refractivity contribution in [1.82, 2.24) is 0 Å². The molecular weight excluding hydrogens is 270 g/mol. The number of benzene rings is 1. The molecule has 1 aromatic carbocycles. The molecule has 114 valence electrons. The molecule has 1 amide bonds. The molecule has 0 spiro atoms. The number of aliphatic hydroxyl groups excluding tert-OH is 1. The van der Waals surface area contributed by atoms with E-state index in [1.165, 1.54) is 0 Å². The number of aliphatic hydroxyl groups is 1. The van der Waals surface area contributed by atoms with Crippen LogP contribution in [0.2, 0.25) is 0 Å². The number of nitrogens with one attached hydrogen (secondary N) is 1. The number of anilines is 1. The molecule has 2 N–H and O–H groups in total. The number of ether oxygens (including phenoxy) is 2. The monoisotopic (exact) mass is 291 g/mol. The van der Waals surface area contributed by atoms with E-state index in [9.17, 15) is 9.90 Å². The van der Waals surface area contributed by atoms with Crippen molar-refractivity contribution in [3.63, 3.8) is 0 Å². The summed E-state index contributed by atoms with van der Waals surface area (Å²) in [5, 5.41) is 13.3. The van der Waals surface area contributed by atoms with Crippen molar-refractivity contribution in [3.05, 3.63) is 17.7 Å². The molecule has 1 aliphatic carbocycles. The third-order valence-corrected chi connectivity index (χ3v) is 3.87. The van der Waals surface area contributed by atoms with Crippen LogP contribution in [0.5, 0.6) is 11.5 Å². The first-order valence-electron chi connectivity index (χ1n) is 7.48. The van der Waals surface area contributed by atoms with Crippen LogP contribution in [0.25, 0.3) is 0 Å². The summed E-state index contributed by atoms with van der Waals surface area (Å²) in [7, 11) is 0. The Morgan fingerprint density at radius 1 is 1.24 bits per heavy atom. The van der Waals surface area contributed by atoms with Gasteiger partial charge in [0.05, 0.1) is 11.8 Å². The van der Waals surface area contributed by atoms with Gasteiger partial charge < -0.3 is 19.9 Å². The number of hydrogen-bond acceptors (Lipinski definition) is 4. The van der Waals surface area contributed by atoms with Crippen molar-refractivity contribution >= 4 is 11.6 Å². The van der Waals surface area contributed by atoms with Gasteiger partial charge in [0.2, 0.25) is 5.91 Å². The topological polar surface area (TPSA) is 67.8 Å². The van der Waals surface area contributed by atoms with E-state index in [4.69, 9.17) is 9.47 Å². The molecule has 1 heterocycles. The minimum Gasteiger partial charge on any atom is -0.486 e. The number of carbonyl (C=O) groups is 1. The lowest BCUT2D eigenvalue weighted by molar-refractivity contribution is -0.117. The molecule has 2 aliphatic rings. The van der Waals surface area contributed by atoms with E-state index >= 15 is 0 Å². The summed E-state index contributed by atoms with van der Waals surface area (Å²) in [4.78, 5) is 12.0. The Morgan fingerprint density at radius 3 is 2.43 bits per heavy atom. The van der Waals surface area contributed by atoms with Gasteiger partial charge in [-0.3, -0.25) is 4.79 Å². The van der Waals surface area contributed by atoms with E-state index in [1.54, 1.807) is 12.1 Å². The number of carbonyl (C=O) groups excluding carboxylic acids is 1. The second-order valence-electron chi connectivity index (χ2n) is 6.04. The molecule has 0 bridgehead atoms. The average Bonchev–Trinajstić information content (AvgIpc) is 3.30. The second kappa shape index (κ2) is 5.56. The first-order valence-corrected chi connectivity index (χ1v) is 7.48. The van der Waals surface area contributed by atoms with Gasteiger partial charge in [-0.1, -0.05) is 13.8 Å². The van der Waals surface area contributed by atoms with Gasteiger partial charge in [-0.15, -0.1) is 0 Å². The predicted molar refractivity (Wildman–Crippen MR) is 78.6 cm³/mol. The number of hydrogen-bond donors (Lipinski definition) is 2. The Morgan fingerprint density at radius 2 is 1.86 bits per heavy atom. The zero-order valence-corrected chi connectivity index (χ0v) is 12.4. The summed E-state index contributed by atoms with van der Waals surface area (Å²) in [5.74, 6) is 1.42. The largest absolute Gasteiger partial charge is 0.486 e. The van der Waals surface area contributed by atoms with E-state index in [2.05, 4.69) is 5.32 Å². The second-order valence-corrected chi connectivity index (χ2v) is 6.04. The molecule has 1 atom stereocenters. The van der Waals surface area contributed by atoms with Crippen molar-refractivity contribution in [1.29, 1.82) is 0 Å². The first-order chi connectivity index (χ1) is 10.1. The first kappa shape index (κ1) is 14.2. The molecular formula is C16H21NO4. The molecule has 0 radical (unpaired) electrons. The number of fused-ring (bicyclic) bond motifs is 1. The van der Waals surface area contributed by atoms with Crippen LogP contribution in [-0.2, 0) is 4.79 Å². The molecule has 0 unspecified atom stereocenters. The fraction of sp³-hybridized carbons (Fsp3) is 0.562. The highest BCUT2D eigenvalue weighted by Gasteiger charge is 2.31. The standard InChI is InChI=1S/C16H21NO4/c1-9(2)15(18)11-7-13-14(21-6-5-20-13)8-12(11)17-16(19)10-3-4-10/h7-10,15,18H,3-6H2,1-2H3,(H,17,19)/t15-/m1/s1. The number of amides is 1. The summed E-state index contributed by atoms with van der Waals surface area (Å²) in [5.41, 5.74) is 1.31. The maximum absolute atomic E-state index is 12.0.